The Balaban J connectivity index is 2.21. The molecule has 104 valence electrons. The summed E-state index contributed by atoms with van der Waals surface area (Å²) in [7, 11) is 1.80. The van der Waals surface area contributed by atoms with Crippen molar-refractivity contribution < 1.29 is 9.18 Å². The first-order chi connectivity index (χ1) is 9.47. The number of carbonyl (C=O) groups is 1. The fourth-order valence-corrected chi connectivity index (χ4v) is 2.12. The molecule has 1 aromatic heterocycles. The van der Waals surface area contributed by atoms with Crippen molar-refractivity contribution in [2.75, 3.05) is 11.9 Å². The monoisotopic (exact) mass is 338 g/mol. The van der Waals surface area contributed by atoms with Crippen LogP contribution in [0.25, 0.3) is 0 Å². The number of rotatable bonds is 4. The maximum absolute atomic E-state index is 13.0. The molecule has 0 spiro atoms. The van der Waals surface area contributed by atoms with Crippen LogP contribution >= 0.6 is 15.9 Å². The second-order valence-electron chi connectivity index (χ2n) is 4.22. The van der Waals surface area contributed by atoms with Gasteiger partial charge in [0.25, 0.3) is 5.91 Å². The van der Waals surface area contributed by atoms with Crippen LogP contribution in [0.1, 0.15) is 16.1 Å². The largest absolute Gasteiger partial charge is 0.364 e. The van der Waals surface area contributed by atoms with Gasteiger partial charge in [-0.2, -0.15) is 0 Å². The third-order valence-corrected chi connectivity index (χ3v) is 3.43. The third-order valence-electron chi connectivity index (χ3n) is 2.69. The van der Waals surface area contributed by atoms with Crippen molar-refractivity contribution in [3.63, 3.8) is 0 Å². The van der Waals surface area contributed by atoms with Gasteiger partial charge in [0.1, 0.15) is 17.3 Å². The molecule has 1 amide bonds. The van der Waals surface area contributed by atoms with Crippen LogP contribution in [0.3, 0.4) is 0 Å². The molecule has 1 aromatic carbocycles. The number of aromatic nitrogens is 2. The molecule has 0 radical (unpaired) electrons. The maximum atomic E-state index is 13.0. The summed E-state index contributed by atoms with van der Waals surface area (Å²) >= 11 is 3.31. The van der Waals surface area contributed by atoms with Crippen molar-refractivity contribution >= 4 is 27.7 Å². The van der Waals surface area contributed by atoms with Crippen molar-refractivity contribution in [1.82, 2.24) is 9.97 Å². The predicted octanol–water partition coefficient (Wildman–Crippen LogP) is 2.11. The van der Waals surface area contributed by atoms with Gasteiger partial charge in [-0.1, -0.05) is 22.0 Å². The SMILES string of the molecule is CN(Cc1ccc(F)cc1Br)c1cncc(C(N)=O)n1. The van der Waals surface area contributed by atoms with Gasteiger partial charge in [0.2, 0.25) is 0 Å². The van der Waals surface area contributed by atoms with E-state index in [0.29, 0.717) is 16.8 Å². The molecule has 0 unspecified atom stereocenters. The highest BCUT2D eigenvalue weighted by atomic mass is 79.9. The van der Waals surface area contributed by atoms with E-state index in [9.17, 15) is 9.18 Å². The summed E-state index contributed by atoms with van der Waals surface area (Å²) < 4.78 is 13.7. The standard InChI is InChI=1S/C13H12BrFN4O/c1-19(7-8-2-3-9(15)4-10(8)14)12-6-17-5-11(18-12)13(16)20/h2-6H,7H2,1H3,(H2,16,20). The van der Waals surface area contributed by atoms with Crippen LogP contribution < -0.4 is 10.6 Å². The van der Waals surface area contributed by atoms with Gasteiger partial charge in [0.15, 0.2) is 0 Å². The normalized spacial score (nSPS) is 10.3. The van der Waals surface area contributed by atoms with E-state index in [1.807, 2.05) is 0 Å². The Morgan fingerprint density at radius 2 is 2.20 bits per heavy atom. The molecule has 2 aromatic rings. The lowest BCUT2D eigenvalue weighted by molar-refractivity contribution is 0.0995. The third kappa shape index (κ3) is 3.30. The molecule has 0 aliphatic carbocycles. The number of primary amides is 1. The molecule has 0 aliphatic heterocycles. The molecule has 20 heavy (non-hydrogen) atoms. The van der Waals surface area contributed by atoms with Crippen molar-refractivity contribution in [1.29, 1.82) is 0 Å². The Kier molecular flexibility index (Phi) is 4.29. The van der Waals surface area contributed by atoms with Crippen LogP contribution in [0.2, 0.25) is 0 Å². The molecule has 0 atom stereocenters. The van der Waals surface area contributed by atoms with Crippen molar-refractivity contribution in [3.8, 4) is 0 Å². The number of halogens is 2. The Hall–Kier alpha value is -2.02. The molecule has 2 N–H and O–H groups in total. The summed E-state index contributed by atoms with van der Waals surface area (Å²) in [5.41, 5.74) is 6.16. The molecule has 0 aliphatic rings. The zero-order chi connectivity index (χ0) is 14.7. The number of nitrogens with two attached hydrogens (primary N) is 1. The summed E-state index contributed by atoms with van der Waals surface area (Å²) in [6.45, 7) is 0.484. The van der Waals surface area contributed by atoms with Crippen LogP contribution in [-0.4, -0.2) is 22.9 Å². The van der Waals surface area contributed by atoms with E-state index in [-0.39, 0.29) is 11.5 Å². The number of benzene rings is 1. The van der Waals surface area contributed by atoms with Crippen molar-refractivity contribution in [2.45, 2.75) is 6.54 Å². The van der Waals surface area contributed by atoms with Crippen molar-refractivity contribution in [2.24, 2.45) is 5.73 Å². The van der Waals surface area contributed by atoms with Gasteiger partial charge in [-0.3, -0.25) is 9.78 Å². The number of nitrogens with zero attached hydrogens (tertiary/aromatic N) is 3. The highest BCUT2D eigenvalue weighted by Gasteiger charge is 2.10. The van der Waals surface area contributed by atoms with E-state index in [1.165, 1.54) is 24.5 Å². The lowest BCUT2D eigenvalue weighted by Gasteiger charge is -2.19. The van der Waals surface area contributed by atoms with Crippen LogP contribution in [0.4, 0.5) is 10.2 Å². The first-order valence-corrected chi connectivity index (χ1v) is 6.53. The van der Waals surface area contributed by atoms with Crippen LogP contribution in [0.15, 0.2) is 35.1 Å². The Morgan fingerprint density at radius 3 is 2.85 bits per heavy atom. The lowest BCUT2D eigenvalue weighted by atomic mass is 10.2. The topological polar surface area (TPSA) is 72.1 Å². The molecule has 1 heterocycles. The Morgan fingerprint density at radius 1 is 1.45 bits per heavy atom. The summed E-state index contributed by atoms with van der Waals surface area (Å²) in [6, 6.07) is 4.47. The van der Waals surface area contributed by atoms with E-state index in [1.54, 1.807) is 18.0 Å². The van der Waals surface area contributed by atoms with Gasteiger partial charge in [-0.05, 0) is 17.7 Å². The first kappa shape index (κ1) is 14.4. The minimum Gasteiger partial charge on any atom is -0.364 e. The predicted molar refractivity (Wildman–Crippen MR) is 76.8 cm³/mol. The number of anilines is 1. The van der Waals surface area contributed by atoms with Gasteiger partial charge in [0, 0.05) is 18.1 Å². The summed E-state index contributed by atoms with van der Waals surface area (Å²) in [5.74, 6) is -0.424. The average Bonchev–Trinajstić information content (AvgIpc) is 2.42. The minimum atomic E-state index is -0.629. The number of hydrogen-bond acceptors (Lipinski definition) is 4. The smallest absolute Gasteiger partial charge is 0.268 e. The number of hydrogen-bond donors (Lipinski definition) is 1. The number of amides is 1. The average molecular weight is 339 g/mol. The highest BCUT2D eigenvalue weighted by molar-refractivity contribution is 9.10. The van der Waals surface area contributed by atoms with Gasteiger partial charge in [0.05, 0.1) is 12.4 Å². The molecule has 0 saturated carbocycles. The van der Waals surface area contributed by atoms with E-state index >= 15 is 0 Å². The van der Waals surface area contributed by atoms with Crippen molar-refractivity contribution in [3.05, 3.63) is 52.1 Å². The summed E-state index contributed by atoms with van der Waals surface area (Å²) in [5, 5.41) is 0. The minimum absolute atomic E-state index is 0.104. The molecule has 5 nitrogen and oxygen atoms in total. The Labute approximate surface area is 123 Å². The molecule has 0 saturated heterocycles. The van der Waals surface area contributed by atoms with Crippen LogP contribution in [0, 0.1) is 5.82 Å². The number of carbonyl (C=O) groups excluding carboxylic acids is 1. The quantitative estimate of drug-likeness (QED) is 0.926. The molecule has 0 fully saturated rings. The van der Waals surface area contributed by atoms with Gasteiger partial charge < -0.3 is 10.6 Å². The molecule has 2 rings (SSSR count). The van der Waals surface area contributed by atoms with E-state index in [4.69, 9.17) is 5.73 Å². The molecule has 0 bridgehead atoms. The second kappa shape index (κ2) is 5.96. The van der Waals surface area contributed by atoms with Gasteiger partial charge in [-0.15, -0.1) is 0 Å². The van der Waals surface area contributed by atoms with Gasteiger partial charge >= 0.3 is 0 Å². The molecule has 7 heteroatoms. The zero-order valence-electron chi connectivity index (χ0n) is 10.7. The van der Waals surface area contributed by atoms with E-state index in [2.05, 4.69) is 25.9 Å². The van der Waals surface area contributed by atoms with Crippen LogP contribution in [-0.2, 0) is 6.54 Å². The summed E-state index contributed by atoms with van der Waals surface area (Å²) in [6.07, 6.45) is 2.84. The zero-order valence-corrected chi connectivity index (χ0v) is 12.3. The fourth-order valence-electron chi connectivity index (χ4n) is 1.64. The second-order valence-corrected chi connectivity index (χ2v) is 5.07. The molecular weight excluding hydrogens is 327 g/mol. The highest BCUT2D eigenvalue weighted by Crippen LogP contribution is 2.21. The first-order valence-electron chi connectivity index (χ1n) is 5.74. The van der Waals surface area contributed by atoms with E-state index in [0.717, 1.165) is 5.56 Å². The Bertz CT molecular complexity index is 650. The molecular formula is C13H12BrFN4O. The maximum Gasteiger partial charge on any atom is 0.268 e. The van der Waals surface area contributed by atoms with Crippen LogP contribution in [0.5, 0.6) is 0 Å². The fraction of sp³-hybridized carbons (Fsp3) is 0.154. The lowest BCUT2D eigenvalue weighted by Crippen LogP contribution is -2.21. The van der Waals surface area contributed by atoms with Gasteiger partial charge in [-0.25, -0.2) is 9.37 Å². The summed E-state index contributed by atoms with van der Waals surface area (Å²) in [4.78, 5) is 20.9. The van der Waals surface area contributed by atoms with E-state index < -0.39 is 5.91 Å².